The van der Waals surface area contributed by atoms with Gasteiger partial charge in [0.1, 0.15) is 11.4 Å². The molecule has 0 aliphatic rings. The van der Waals surface area contributed by atoms with Gasteiger partial charge >= 0.3 is 6.18 Å². The van der Waals surface area contributed by atoms with Crippen LogP contribution in [0.3, 0.4) is 0 Å². The largest absolute Gasteiger partial charge is 0.421 e. The molecule has 2 aromatic rings. The molecule has 9 heteroatoms. The molecule has 0 aliphatic carbocycles. The van der Waals surface area contributed by atoms with Crippen LogP contribution in [0.15, 0.2) is 18.3 Å². The van der Waals surface area contributed by atoms with E-state index in [0.29, 0.717) is 23.0 Å². The van der Waals surface area contributed by atoms with Gasteiger partial charge in [-0.1, -0.05) is 0 Å². The van der Waals surface area contributed by atoms with Gasteiger partial charge in [-0.15, -0.1) is 0 Å². The highest BCUT2D eigenvalue weighted by atomic mass is 19.4. The maximum absolute atomic E-state index is 12.8. The van der Waals surface area contributed by atoms with Gasteiger partial charge < -0.3 is 16.4 Å². The highest BCUT2D eigenvalue weighted by Gasteiger charge is 2.35. The summed E-state index contributed by atoms with van der Waals surface area (Å²) >= 11 is 0. The lowest BCUT2D eigenvalue weighted by molar-refractivity contribution is -0.137. The Morgan fingerprint density at radius 3 is 2.42 bits per heavy atom. The van der Waals surface area contributed by atoms with Gasteiger partial charge in [-0.25, -0.2) is 4.98 Å². The van der Waals surface area contributed by atoms with Crippen molar-refractivity contribution in [2.45, 2.75) is 20.0 Å². The molecule has 0 atom stereocenters. The first kappa shape index (κ1) is 17.5. The Bertz CT molecular complexity index is 789. The van der Waals surface area contributed by atoms with E-state index >= 15 is 0 Å². The lowest BCUT2D eigenvalue weighted by Gasteiger charge is -2.15. The number of hydrogen-bond donors (Lipinski definition) is 3. The second-order valence-electron chi connectivity index (χ2n) is 5.10. The van der Waals surface area contributed by atoms with Crippen molar-refractivity contribution in [1.29, 1.82) is 0 Å². The normalized spacial score (nSPS) is 11.2. The molecule has 1 amide bonds. The molecular formula is C15H16F3N5O. The number of anilines is 3. The van der Waals surface area contributed by atoms with E-state index in [9.17, 15) is 18.0 Å². The Morgan fingerprint density at radius 2 is 1.88 bits per heavy atom. The summed E-state index contributed by atoms with van der Waals surface area (Å²) in [5.41, 5.74) is 6.67. The molecule has 2 rings (SSSR count). The molecule has 0 unspecified atom stereocenters. The number of amides is 1. The van der Waals surface area contributed by atoms with Crippen LogP contribution in [0.5, 0.6) is 0 Å². The second kappa shape index (κ2) is 6.34. The molecule has 0 saturated heterocycles. The minimum absolute atomic E-state index is 0.00155. The fraction of sp³-hybridized carbons (Fsp3) is 0.267. The third-order valence-electron chi connectivity index (χ3n) is 3.63. The monoisotopic (exact) mass is 339 g/mol. The Labute approximate surface area is 136 Å². The summed E-state index contributed by atoms with van der Waals surface area (Å²) in [6.45, 7) is 3.49. The minimum Gasteiger partial charge on any atom is -0.372 e. The topological polar surface area (TPSA) is 92.9 Å². The van der Waals surface area contributed by atoms with Gasteiger partial charge in [0.25, 0.3) is 0 Å². The molecule has 0 fully saturated rings. The van der Waals surface area contributed by atoms with E-state index in [4.69, 9.17) is 5.73 Å². The fourth-order valence-corrected chi connectivity index (χ4v) is 2.18. The van der Waals surface area contributed by atoms with Crippen LogP contribution in [0.1, 0.15) is 27.0 Å². The molecule has 24 heavy (non-hydrogen) atoms. The van der Waals surface area contributed by atoms with Gasteiger partial charge in [-0.2, -0.15) is 18.2 Å². The van der Waals surface area contributed by atoms with Crippen molar-refractivity contribution in [1.82, 2.24) is 9.97 Å². The number of primary amides is 1. The summed E-state index contributed by atoms with van der Waals surface area (Å²) in [6, 6.07) is 3.14. The predicted molar refractivity (Wildman–Crippen MR) is 84.3 cm³/mol. The molecular weight excluding hydrogens is 323 g/mol. The van der Waals surface area contributed by atoms with Crippen LogP contribution in [0.4, 0.5) is 30.6 Å². The van der Waals surface area contributed by atoms with E-state index in [1.54, 1.807) is 19.9 Å². The summed E-state index contributed by atoms with van der Waals surface area (Å²) in [5, 5.41) is 5.26. The van der Waals surface area contributed by atoms with Crippen molar-refractivity contribution in [3.8, 4) is 0 Å². The fourth-order valence-electron chi connectivity index (χ4n) is 2.18. The number of rotatable bonds is 4. The van der Waals surface area contributed by atoms with E-state index in [2.05, 4.69) is 20.6 Å². The third kappa shape index (κ3) is 3.39. The van der Waals surface area contributed by atoms with E-state index < -0.39 is 17.6 Å². The summed E-state index contributed by atoms with van der Waals surface area (Å²) in [6.07, 6.45) is -3.84. The van der Waals surface area contributed by atoms with Crippen molar-refractivity contribution in [2.75, 3.05) is 17.7 Å². The Balaban J connectivity index is 2.39. The summed E-state index contributed by atoms with van der Waals surface area (Å²) in [4.78, 5) is 18.9. The van der Waals surface area contributed by atoms with E-state index in [1.165, 1.54) is 13.1 Å². The second-order valence-corrected chi connectivity index (χ2v) is 5.10. The molecule has 1 heterocycles. The molecule has 4 N–H and O–H groups in total. The van der Waals surface area contributed by atoms with Gasteiger partial charge in [-0.05, 0) is 37.1 Å². The number of carbonyl (C=O) groups excluding carboxylic acids is 1. The van der Waals surface area contributed by atoms with Crippen molar-refractivity contribution >= 4 is 23.4 Å². The molecule has 0 radical (unpaired) electrons. The summed E-state index contributed by atoms with van der Waals surface area (Å²) in [5.74, 6) is -0.879. The zero-order chi connectivity index (χ0) is 18.1. The average Bonchev–Trinajstić information content (AvgIpc) is 2.50. The van der Waals surface area contributed by atoms with Crippen LogP contribution >= 0.6 is 0 Å². The molecule has 6 nitrogen and oxygen atoms in total. The van der Waals surface area contributed by atoms with E-state index in [0.717, 1.165) is 5.56 Å². The van der Waals surface area contributed by atoms with Gasteiger partial charge in [0.15, 0.2) is 0 Å². The van der Waals surface area contributed by atoms with Crippen LogP contribution in [0, 0.1) is 13.8 Å². The number of alkyl halides is 3. The number of nitrogens with zero attached hydrogens (tertiary/aromatic N) is 2. The van der Waals surface area contributed by atoms with Crippen LogP contribution in [-0.2, 0) is 6.18 Å². The first-order valence-corrected chi connectivity index (χ1v) is 6.94. The molecule has 1 aromatic carbocycles. The Kier molecular flexibility index (Phi) is 4.63. The van der Waals surface area contributed by atoms with E-state index in [1.807, 2.05) is 0 Å². The lowest BCUT2D eigenvalue weighted by Crippen LogP contribution is -2.14. The quantitative estimate of drug-likeness (QED) is 0.796. The lowest BCUT2D eigenvalue weighted by atomic mass is 10.0. The average molecular weight is 339 g/mol. The maximum atomic E-state index is 12.8. The van der Waals surface area contributed by atoms with Crippen molar-refractivity contribution < 1.29 is 18.0 Å². The molecule has 0 bridgehead atoms. The van der Waals surface area contributed by atoms with Gasteiger partial charge in [0.2, 0.25) is 11.9 Å². The zero-order valence-corrected chi connectivity index (χ0v) is 13.2. The number of hydrogen-bond acceptors (Lipinski definition) is 5. The SMILES string of the molecule is CNc1nc(Nc2ccc(C(N)=O)c(C)c2C)ncc1C(F)(F)F. The van der Waals surface area contributed by atoms with Gasteiger partial charge in [0.05, 0.1) is 0 Å². The van der Waals surface area contributed by atoms with Crippen LogP contribution < -0.4 is 16.4 Å². The smallest absolute Gasteiger partial charge is 0.372 e. The van der Waals surface area contributed by atoms with Crippen molar-refractivity contribution in [3.05, 3.63) is 40.6 Å². The third-order valence-corrected chi connectivity index (χ3v) is 3.63. The predicted octanol–water partition coefficient (Wildman–Crippen LogP) is 3.00. The zero-order valence-electron chi connectivity index (χ0n) is 13.2. The Morgan fingerprint density at radius 1 is 1.21 bits per heavy atom. The number of nitrogens with one attached hydrogen (secondary N) is 2. The number of halogens is 3. The summed E-state index contributed by atoms with van der Waals surface area (Å²) < 4.78 is 38.5. The van der Waals surface area contributed by atoms with Crippen molar-refractivity contribution in [2.24, 2.45) is 5.73 Å². The molecule has 1 aromatic heterocycles. The first-order chi connectivity index (χ1) is 11.1. The van der Waals surface area contributed by atoms with Gasteiger partial charge in [-0.3, -0.25) is 4.79 Å². The standard InChI is InChI=1S/C15H16F3N5O/c1-7-8(2)11(5-4-9(7)12(19)24)22-14-21-6-10(15(16,17)18)13(20-3)23-14/h4-6H,1-3H3,(H2,19,24)(H2,20,21,22,23). The van der Waals surface area contributed by atoms with Crippen LogP contribution in [0.2, 0.25) is 0 Å². The summed E-state index contributed by atoms with van der Waals surface area (Å²) in [7, 11) is 1.35. The van der Waals surface area contributed by atoms with Gasteiger partial charge in [0, 0.05) is 24.5 Å². The van der Waals surface area contributed by atoms with E-state index in [-0.39, 0.29) is 11.8 Å². The number of carbonyl (C=O) groups is 1. The molecule has 0 spiro atoms. The van der Waals surface area contributed by atoms with Crippen molar-refractivity contribution in [3.63, 3.8) is 0 Å². The Hall–Kier alpha value is -2.84. The molecule has 128 valence electrons. The number of aromatic nitrogens is 2. The molecule has 0 aliphatic heterocycles. The minimum atomic E-state index is -4.55. The number of benzene rings is 1. The molecule has 0 saturated carbocycles. The highest BCUT2D eigenvalue weighted by Crippen LogP contribution is 2.34. The van der Waals surface area contributed by atoms with Crippen LogP contribution in [0.25, 0.3) is 0 Å². The first-order valence-electron chi connectivity index (χ1n) is 6.94. The van der Waals surface area contributed by atoms with Crippen LogP contribution in [-0.4, -0.2) is 22.9 Å². The maximum Gasteiger partial charge on any atom is 0.421 e. The highest BCUT2D eigenvalue weighted by molar-refractivity contribution is 5.95. The number of nitrogens with two attached hydrogens (primary N) is 1.